The number of nitrogens with one attached hydrogen (secondary N) is 1. The molecule has 0 radical (unpaired) electrons. The second-order valence-corrected chi connectivity index (χ2v) is 6.18. The van der Waals surface area contributed by atoms with Crippen molar-refractivity contribution in [2.75, 3.05) is 7.05 Å². The topological polar surface area (TPSA) is 73.1 Å². The number of aliphatic hydroxyl groups is 1. The molecule has 0 aliphatic heterocycles. The summed E-state index contributed by atoms with van der Waals surface area (Å²) in [7, 11) is 1.57. The van der Waals surface area contributed by atoms with Crippen molar-refractivity contribution in [2.45, 2.75) is 18.4 Å². The Balaban J connectivity index is 2.03. The molecule has 3 rings (SSSR count). The lowest BCUT2D eigenvalue weighted by atomic mass is 9.79. The number of rotatable bonds is 3. The number of carbonyl (C=O) groups excluding carboxylic acids is 1. The van der Waals surface area contributed by atoms with Crippen molar-refractivity contribution in [3.63, 3.8) is 0 Å². The van der Waals surface area contributed by atoms with Gasteiger partial charge in [-0.05, 0) is 36.6 Å². The third kappa shape index (κ3) is 3.01. The monoisotopic (exact) mass is 330 g/mol. The Bertz CT molecular complexity index is 899. The molecule has 25 heavy (non-hydrogen) atoms. The Kier molecular flexibility index (Phi) is 4.31. The van der Waals surface area contributed by atoms with Crippen LogP contribution in [0.5, 0.6) is 0 Å². The third-order valence-corrected chi connectivity index (χ3v) is 4.59. The summed E-state index contributed by atoms with van der Waals surface area (Å²) >= 11 is 0. The van der Waals surface area contributed by atoms with Crippen molar-refractivity contribution in [1.82, 2.24) is 5.32 Å². The van der Waals surface area contributed by atoms with E-state index in [9.17, 15) is 15.2 Å². The summed E-state index contributed by atoms with van der Waals surface area (Å²) in [5, 5.41) is 23.4. The summed E-state index contributed by atoms with van der Waals surface area (Å²) in [5.74, 6) is 5.67. The zero-order valence-corrected chi connectivity index (χ0v) is 13.9. The van der Waals surface area contributed by atoms with Crippen LogP contribution in [0.25, 0.3) is 0 Å². The number of nitriles is 1. The molecule has 1 atom stereocenters. The highest BCUT2D eigenvalue weighted by Crippen LogP contribution is 2.57. The van der Waals surface area contributed by atoms with E-state index >= 15 is 0 Å². The molecule has 1 fully saturated rings. The maximum Gasteiger partial charge on any atom is 0.251 e. The van der Waals surface area contributed by atoms with Gasteiger partial charge in [-0.15, -0.1) is 0 Å². The quantitative estimate of drug-likeness (QED) is 0.850. The highest BCUT2D eigenvalue weighted by Gasteiger charge is 2.60. The second-order valence-electron chi connectivity index (χ2n) is 6.18. The van der Waals surface area contributed by atoms with Crippen LogP contribution in [0.1, 0.15) is 34.3 Å². The van der Waals surface area contributed by atoms with Gasteiger partial charge in [0.25, 0.3) is 5.91 Å². The molecule has 0 saturated heterocycles. The normalized spacial score (nSPS) is 16.5. The van der Waals surface area contributed by atoms with Crippen LogP contribution in [-0.2, 0) is 5.60 Å². The maximum absolute atomic E-state index is 11.8. The van der Waals surface area contributed by atoms with Crippen LogP contribution in [0, 0.1) is 28.6 Å². The van der Waals surface area contributed by atoms with Crippen LogP contribution in [0.4, 0.5) is 0 Å². The number of carbonyl (C=O) groups is 1. The molecule has 0 heterocycles. The summed E-state index contributed by atoms with van der Waals surface area (Å²) in [5.41, 5.74) is -0.682. The van der Waals surface area contributed by atoms with E-state index in [1.807, 2.05) is 18.2 Å². The fourth-order valence-electron chi connectivity index (χ4n) is 2.87. The van der Waals surface area contributed by atoms with Gasteiger partial charge in [0.05, 0.1) is 6.07 Å². The molecule has 1 aliphatic rings. The van der Waals surface area contributed by atoms with E-state index in [-0.39, 0.29) is 5.91 Å². The lowest BCUT2D eigenvalue weighted by Crippen LogP contribution is -2.34. The van der Waals surface area contributed by atoms with E-state index < -0.39 is 11.0 Å². The first kappa shape index (κ1) is 16.8. The molecule has 1 aliphatic carbocycles. The minimum Gasteiger partial charge on any atom is -0.372 e. The van der Waals surface area contributed by atoms with E-state index in [0.29, 0.717) is 29.5 Å². The molecular formula is C21H18N2O2. The minimum absolute atomic E-state index is 0.197. The Morgan fingerprint density at radius 3 is 2.52 bits per heavy atom. The van der Waals surface area contributed by atoms with Crippen molar-refractivity contribution in [1.29, 1.82) is 5.26 Å². The minimum atomic E-state index is -1.54. The molecule has 0 aromatic heterocycles. The highest BCUT2D eigenvalue weighted by molar-refractivity contribution is 5.94. The number of nitrogens with zero attached hydrogens (tertiary/aromatic N) is 1. The first-order chi connectivity index (χ1) is 12.0. The van der Waals surface area contributed by atoms with Crippen LogP contribution in [0.15, 0.2) is 54.6 Å². The molecule has 0 bridgehead atoms. The van der Waals surface area contributed by atoms with Crippen LogP contribution < -0.4 is 5.32 Å². The number of hydrogen-bond donors (Lipinski definition) is 2. The smallest absolute Gasteiger partial charge is 0.251 e. The summed E-state index contributed by atoms with van der Waals surface area (Å²) in [6.07, 6.45) is 1.23. The maximum atomic E-state index is 11.8. The molecule has 4 nitrogen and oxygen atoms in total. The van der Waals surface area contributed by atoms with Gasteiger partial charge in [0, 0.05) is 18.2 Å². The summed E-state index contributed by atoms with van der Waals surface area (Å²) in [6, 6.07) is 18.2. The van der Waals surface area contributed by atoms with E-state index in [2.05, 4.69) is 23.2 Å². The first-order valence-electron chi connectivity index (χ1n) is 8.09. The van der Waals surface area contributed by atoms with Crippen molar-refractivity contribution in [3.05, 3.63) is 71.3 Å². The number of amides is 1. The summed E-state index contributed by atoms with van der Waals surface area (Å²) in [6.45, 7) is 0. The lowest BCUT2D eigenvalue weighted by molar-refractivity contribution is 0.0456. The van der Waals surface area contributed by atoms with Crippen molar-refractivity contribution in [2.24, 2.45) is 5.41 Å². The molecule has 4 heteroatoms. The summed E-state index contributed by atoms with van der Waals surface area (Å²) in [4.78, 5) is 11.8. The van der Waals surface area contributed by atoms with Gasteiger partial charge in [0.2, 0.25) is 0 Å². The van der Waals surface area contributed by atoms with Crippen molar-refractivity contribution < 1.29 is 9.90 Å². The van der Waals surface area contributed by atoms with Crippen molar-refractivity contribution in [3.8, 4) is 17.9 Å². The van der Waals surface area contributed by atoms with Gasteiger partial charge in [-0.1, -0.05) is 48.2 Å². The molecule has 0 unspecified atom stereocenters. The second kappa shape index (κ2) is 6.43. The van der Waals surface area contributed by atoms with Gasteiger partial charge < -0.3 is 10.4 Å². The fraction of sp³-hybridized carbons (Fsp3) is 0.238. The van der Waals surface area contributed by atoms with E-state index in [1.54, 1.807) is 43.4 Å². The van der Waals surface area contributed by atoms with Gasteiger partial charge in [-0.25, -0.2) is 0 Å². The van der Waals surface area contributed by atoms with Crippen LogP contribution >= 0.6 is 0 Å². The molecule has 124 valence electrons. The van der Waals surface area contributed by atoms with Gasteiger partial charge in [0.1, 0.15) is 5.41 Å². The zero-order valence-electron chi connectivity index (χ0n) is 13.9. The zero-order chi connectivity index (χ0) is 17.9. The summed E-state index contributed by atoms with van der Waals surface area (Å²) < 4.78 is 0. The van der Waals surface area contributed by atoms with Crippen LogP contribution in [-0.4, -0.2) is 18.1 Å². The Labute approximate surface area is 147 Å². The largest absolute Gasteiger partial charge is 0.372 e. The Morgan fingerprint density at radius 2 is 1.92 bits per heavy atom. The molecule has 0 spiro atoms. The third-order valence-electron chi connectivity index (χ3n) is 4.59. The highest BCUT2D eigenvalue weighted by atomic mass is 16.3. The number of benzene rings is 2. The van der Waals surface area contributed by atoms with E-state index in [4.69, 9.17) is 0 Å². The predicted octanol–water partition coefficient (Wildman–Crippen LogP) is 2.59. The molecule has 2 N–H and O–H groups in total. The van der Waals surface area contributed by atoms with Crippen molar-refractivity contribution >= 4 is 5.91 Å². The average Bonchev–Trinajstić information content (AvgIpc) is 3.48. The van der Waals surface area contributed by atoms with Gasteiger partial charge in [-0.3, -0.25) is 4.79 Å². The molecule has 1 amide bonds. The fourth-order valence-corrected chi connectivity index (χ4v) is 2.87. The SMILES string of the molecule is CNC(=O)c1cccc(C#C[C@@](O)(c2ccccc2)C2(C#N)CC2)c1. The Hall–Kier alpha value is -3.08. The van der Waals surface area contributed by atoms with Gasteiger partial charge >= 0.3 is 0 Å². The molecule has 2 aromatic carbocycles. The predicted molar refractivity (Wildman–Crippen MR) is 94.3 cm³/mol. The van der Waals surface area contributed by atoms with Crippen LogP contribution in [0.3, 0.4) is 0 Å². The molecule has 1 saturated carbocycles. The lowest BCUT2D eigenvalue weighted by Gasteiger charge is -2.27. The van der Waals surface area contributed by atoms with E-state index in [0.717, 1.165) is 0 Å². The van der Waals surface area contributed by atoms with Crippen LogP contribution in [0.2, 0.25) is 0 Å². The molecular weight excluding hydrogens is 312 g/mol. The first-order valence-corrected chi connectivity index (χ1v) is 8.09. The Morgan fingerprint density at radius 1 is 1.20 bits per heavy atom. The standard InChI is InChI=1S/C21H18N2O2/c1-23-19(24)17-7-5-6-16(14-17)10-11-21(25,20(15-22)12-13-20)18-8-3-2-4-9-18/h2-9,14,25H,12-13H2,1H3,(H,23,24)/t21-/m1/s1. The number of hydrogen-bond acceptors (Lipinski definition) is 3. The van der Waals surface area contributed by atoms with Gasteiger partial charge in [0.15, 0.2) is 5.60 Å². The van der Waals surface area contributed by atoms with Gasteiger partial charge in [-0.2, -0.15) is 5.26 Å². The molecule has 2 aromatic rings. The van der Waals surface area contributed by atoms with E-state index in [1.165, 1.54) is 0 Å². The average molecular weight is 330 g/mol.